The van der Waals surface area contributed by atoms with Crippen LogP contribution in [0.5, 0.6) is 5.75 Å². The van der Waals surface area contributed by atoms with Gasteiger partial charge in [0.1, 0.15) is 23.1 Å². The minimum Gasteiger partial charge on any atom is -0.491 e. The number of imidazole rings is 1. The number of hydrogen-bond donors (Lipinski definition) is 1. The first-order valence-corrected chi connectivity index (χ1v) is 6.99. The Balaban J connectivity index is 2.34. The molecule has 0 aliphatic carbocycles. The Kier molecular flexibility index (Phi) is 4.02. The molecule has 1 heterocycles. The Morgan fingerprint density at radius 2 is 1.70 bits per heavy atom. The molecular weight excluding hydrogens is 250 g/mol. The largest absolute Gasteiger partial charge is 0.491 e. The maximum Gasteiger partial charge on any atom is 0.131 e. The Morgan fingerprint density at radius 3 is 2.15 bits per heavy atom. The average molecular weight is 273 g/mol. The number of hydrogen-bond acceptors (Lipinski definition) is 3. The van der Waals surface area contributed by atoms with Crippen LogP contribution >= 0.6 is 0 Å². The quantitative estimate of drug-likeness (QED) is 0.926. The molecule has 0 radical (unpaired) electrons. The van der Waals surface area contributed by atoms with E-state index >= 15 is 0 Å². The molecule has 1 aromatic carbocycles. The van der Waals surface area contributed by atoms with Crippen molar-refractivity contribution in [2.24, 2.45) is 7.05 Å². The highest BCUT2D eigenvalue weighted by molar-refractivity contribution is 5.71. The van der Waals surface area contributed by atoms with Crippen LogP contribution in [-0.4, -0.2) is 15.7 Å². The molecule has 2 rings (SSSR count). The van der Waals surface area contributed by atoms with Gasteiger partial charge in [0.15, 0.2) is 0 Å². The molecule has 0 amide bonds. The van der Waals surface area contributed by atoms with Gasteiger partial charge in [0.2, 0.25) is 0 Å². The standard InChI is InChI=1S/C16H23N3O/c1-10(2)16-18-14(15(17)19(16)5)12-6-8-13(9-7-12)20-11(3)4/h6-11H,17H2,1-5H3. The molecule has 0 saturated heterocycles. The number of rotatable bonds is 4. The van der Waals surface area contributed by atoms with Crippen LogP contribution in [0.4, 0.5) is 5.82 Å². The van der Waals surface area contributed by atoms with Crippen LogP contribution in [0.1, 0.15) is 39.4 Å². The van der Waals surface area contributed by atoms with Crippen LogP contribution in [0.25, 0.3) is 11.3 Å². The lowest BCUT2D eigenvalue weighted by Crippen LogP contribution is -2.05. The molecule has 2 aromatic rings. The molecule has 0 bridgehead atoms. The minimum absolute atomic E-state index is 0.174. The first-order valence-electron chi connectivity index (χ1n) is 6.99. The van der Waals surface area contributed by atoms with Crippen molar-refractivity contribution in [1.29, 1.82) is 0 Å². The van der Waals surface area contributed by atoms with Gasteiger partial charge in [-0.3, -0.25) is 0 Å². The highest BCUT2D eigenvalue weighted by Gasteiger charge is 2.15. The topological polar surface area (TPSA) is 53.1 Å². The lowest BCUT2D eigenvalue weighted by molar-refractivity contribution is 0.242. The van der Waals surface area contributed by atoms with Gasteiger partial charge in [0.25, 0.3) is 0 Å². The molecule has 2 N–H and O–H groups in total. The van der Waals surface area contributed by atoms with Gasteiger partial charge in [0, 0.05) is 18.5 Å². The summed E-state index contributed by atoms with van der Waals surface area (Å²) in [5.41, 5.74) is 8.02. The van der Waals surface area contributed by atoms with Crippen molar-refractivity contribution in [1.82, 2.24) is 9.55 Å². The first-order chi connectivity index (χ1) is 9.40. The summed E-state index contributed by atoms with van der Waals surface area (Å²) >= 11 is 0. The fraction of sp³-hybridized carbons (Fsp3) is 0.438. The van der Waals surface area contributed by atoms with Gasteiger partial charge in [-0.2, -0.15) is 0 Å². The Labute approximate surface area is 120 Å². The summed E-state index contributed by atoms with van der Waals surface area (Å²) in [6.45, 7) is 8.26. The molecule has 20 heavy (non-hydrogen) atoms. The van der Waals surface area contributed by atoms with Crippen LogP contribution < -0.4 is 10.5 Å². The molecule has 0 unspecified atom stereocenters. The van der Waals surface area contributed by atoms with Crippen LogP contribution in [0.15, 0.2) is 24.3 Å². The van der Waals surface area contributed by atoms with Crippen molar-refractivity contribution in [2.75, 3.05) is 5.73 Å². The maximum absolute atomic E-state index is 6.16. The van der Waals surface area contributed by atoms with Crippen molar-refractivity contribution in [3.05, 3.63) is 30.1 Å². The molecule has 0 saturated carbocycles. The molecule has 0 aliphatic rings. The average Bonchev–Trinajstić information content (AvgIpc) is 2.67. The normalized spacial score (nSPS) is 11.3. The van der Waals surface area contributed by atoms with E-state index in [1.807, 2.05) is 49.7 Å². The monoisotopic (exact) mass is 273 g/mol. The number of nitrogens with two attached hydrogens (primary N) is 1. The number of ether oxygens (including phenoxy) is 1. The van der Waals surface area contributed by atoms with Crippen LogP contribution in [-0.2, 0) is 7.05 Å². The van der Waals surface area contributed by atoms with Gasteiger partial charge in [-0.1, -0.05) is 13.8 Å². The van der Waals surface area contributed by atoms with E-state index in [1.54, 1.807) is 0 Å². The molecule has 0 aliphatic heterocycles. The van der Waals surface area contributed by atoms with Crippen molar-refractivity contribution >= 4 is 5.82 Å². The summed E-state index contributed by atoms with van der Waals surface area (Å²) in [6, 6.07) is 7.91. The number of aromatic nitrogens is 2. The lowest BCUT2D eigenvalue weighted by Gasteiger charge is -2.09. The Morgan fingerprint density at radius 1 is 1.10 bits per heavy atom. The zero-order chi connectivity index (χ0) is 14.9. The first kappa shape index (κ1) is 14.4. The van der Waals surface area contributed by atoms with E-state index in [0.717, 1.165) is 22.8 Å². The van der Waals surface area contributed by atoms with Crippen LogP contribution in [0, 0.1) is 0 Å². The predicted octanol–water partition coefficient (Wildman–Crippen LogP) is 3.58. The second-order valence-corrected chi connectivity index (χ2v) is 5.61. The fourth-order valence-electron chi connectivity index (χ4n) is 2.22. The van der Waals surface area contributed by atoms with Crippen molar-refractivity contribution in [3.8, 4) is 17.0 Å². The van der Waals surface area contributed by atoms with E-state index in [1.165, 1.54) is 0 Å². The van der Waals surface area contributed by atoms with E-state index < -0.39 is 0 Å². The third-order valence-corrected chi connectivity index (χ3v) is 3.19. The summed E-state index contributed by atoms with van der Waals surface area (Å²) < 4.78 is 7.60. The smallest absolute Gasteiger partial charge is 0.131 e. The van der Waals surface area contributed by atoms with Gasteiger partial charge >= 0.3 is 0 Å². The van der Waals surface area contributed by atoms with Crippen LogP contribution in [0.2, 0.25) is 0 Å². The minimum atomic E-state index is 0.174. The molecule has 4 nitrogen and oxygen atoms in total. The van der Waals surface area contributed by atoms with Gasteiger partial charge < -0.3 is 15.0 Å². The third-order valence-electron chi connectivity index (χ3n) is 3.19. The molecule has 4 heteroatoms. The van der Waals surface area contributed by atoms with Gasteiger partial charge in [-0.05, 0) is 38.1 Å². The van der Waals surface area contributed by atoms with E-state index in [9.17, 15) is 0 Å². The van der Waals surface area contributed by atoms with Crippen molar-refractivity contribution in [2.45, 2.75) is 39.7 Å². The Hall–Kier alpha value is -1.97. The second kappa shape index (κ2) is 5.57. The number of benzene rings is 1. The number of nitrogens with zero attached hydrogens (tertiary/aromatic N) is 2. The fourth-order valence-corrected chi connectivity index (χ4v) is 2.22. The van der Waals surface area contributed by atoms with Gasteiger partial charge in [-0.15, -0.1) is 0 Å². The third kappa shape index (κ3) is 2.79. The second-order valence-electron chi connectivity index (χ2n) is 5.61. The summed E-state index contributed by atoms with van der Waals surface area (Å²) in [5.74, 6) is 2.91. The maximum atomic E-state index is 6.16. The highest BCUT2D eigenvalue weighted by atomic mass is 16.5. The number of nitrogen functional groups attached to an aromatic ring is 1. The summed E-state index contributed by atoms with van der Waals surface area (Å²) in [7, 11) is 1.96. The van der Waals surface area contributed by atoms with Crippen molar-refractivity contribution < 1.29 is 4.74 Å². The number of anilines is 1. The lowest BCUT2D eigenvalue weighted by atomic mass is 10.1. The SMILES string of the molecule is CC(C)Oc1ccc(-c2nc(C(C)C)n(C)c2N)cc1. The molecule has 0 atom stereocenters. The van der Waals surface area contributed by atoms with E-state index in [4.69, 9.17) is 10.5 Å². The van der Waals surface area contributed by atoms with E-state index in [2.05, 4.69) is 18.8 Å². The van der Waals surface area contributed by atoms with Gasteiger partial charge in [0.05, 0.1) is 6.10 Å². The molecular formula is C16H23N3O. The Bertz CT molecular complexity index is 583. The summed E-state index contributed by atoms with van der Waals surface area (Å²) in [4.78, 5) is 4.67. The molecule has 1 aromatic heterocycles. The highest BCUT2D eigenvalue weighted by Crippen LogP contribution is 2.29. The van der Waals surface area contributed by atoms with Crippen LogP contribution in [0.3, 0.4) is 0 Å². The summed E-state index contributed by atoms with van der Waals surface area (Å²) in [6.07, 6.45) is 0.174. The van der Waals surface area contributed by atoms with E-state index in [0.29, 0.717) is 11.7 Å². The zero-order valence-electron chi connectivity index (χ0n) is 12.8. The predicted molar refractivity (Wildman–Crippen MR) is 82.9 cm³/mol. The van der Waals surface area contributed by atoms with Crippen molar-refractivity contribution in [3.63, 3.8) is 0 Å². The van der Waals surface area contributed by atoms with E-state index in [-0.39, 0.29) is 6.10 Å². The van der Waals surface area contributed by atoms with Gasteiger partial charge in [-0.25, -0.2) is 4.98 Å². The molecule has 108 valence electrons. The summed E-state index contributed by atoms with van der Waals surface area (Å²) in [5, 5.41) is 0. The molecule has 0 spiro atoms. The molecule has 0 fully saturated rings. The zero-order valence-corrected chi connectivity index (χ0v) is 12.8.